The predicted octanol–water partition coefficient (Wildman–Crippen LogP) is 1.14. The van der Waals surface area contributed by atoms with Gasteiger partial charge in [-0.1, -0.05) is 0 Å². The highest BCUT2D eigenvalue weighted by Gasteiger charge is 2.26. The number of rotatable bonds is 2. The summed E-state index contributed by atoms with van der Waals surface area (Å²) in [6.45, 7) is 0. The lowest BCUT2D eigenvalue weighted by Gasteiger charge is -2.09. The molecule has 0 aliphatic heterocycles. The normalized spacial score (nSPS) is 11.5. The fraction of sp³-hybridized carbons (Fsp3) is 0.143. The number of primary sulfonamides is 1. The van der Waals surface area contributed by atoms with Gasteiger partial charge >= 0.3 is 0 Å². The minimum Gasteiger partial charge on any atom is -0.244 e. The Morgan fingerprint density at radius 3 is 2.50 bits per heavy atom. The Bertz CT molecular complexity index is 568. The number of hydrogen-bond donors (Lipinski definition) is 1. The molecule has 0 unspecified atom stereocenters. The zero-order chi connectivity index (χ0) is 12.5. The van der Waals surface area contributed by atoms with Crippen LogP contribution in [0.2, 0.25) is 0 Å². The van der Waals surface area contributed by atoms with Crippen molar-refractivity contribution in [1.29, 1.82) is 5.26 Å². The summed E-state index contributed by atoms with van der Waals surface area (Å²) < 4.78 is 47.2. The van der Waals surface area contributed by atoms with E-state index in [1.54, 1.807) is 6.07 Å². The number of nitrogens with zero attached hydrogens (tertiary/aromatic N) is 2. The first-order chi connectivity index (χ1) is 7.29. The van der Waals surface area contributed by atoms with Gasteiger partial charge in [-0.15, -0.1) is 0 Å². The average molecular weight is 359 g/mol. The largest absolute Gasteiger partial charge is 0.266 e. The lowest BCUT2D eigenvalue weighted by Crippen LogP contribution is -2.18. The van der Waals surface area contributed by atoms with Gasteiger partial charge < -0.3 is 0 Å². The fourth-order valence-corrected chi connectivity index (χ4v) is 3.32. The molecule has 0 radical (unpaired) electrons. The van der Waals surface area contributed by atoms with Gasteiger partial charge in [0.15, 0.2) is 5.69 Å². The molecule has 0 aliphatic carbocycles. The second-order valence-corrected chi connectivity index (χ2v) is 5.24. The van der Waals surface area contributed by atoms with Crippen LogP contribution in [0.15, 0.2) is 11.1 Å². The zero-order valence-corrected chi connectivity index (χ0v) is 10.5. The van der Waals surface area contributed by atoms with Crippen LogP contribution in [0.4, 0.5) is 8.78 Å². The highest BCUT2D eigenvalue weighted by molar-refractivity contribution is 14.1. The van der Waals surface area contributed by atoms with E-state index < -0.39 is 26.9 Å². The molecule has 1 rings (SSSR count). The number of sulfonamides is 1. The minimum absolute atomic E-state index is 0.194. The molecule has 1 heterocycles. The third-order valence-electron chi connectivity index (χ3n) is 1.63. The van der Waals surface area contributed by atoms with Crippen molar-refractivity contribution in [3.8, 4) is 6.07 Å². The van der Waals surface area contributed by atoms with Gasteiger partial charge in [0, 0.05) is 6.20 Å². The highest BCUT2D eigenvalue weighted by Crippen LogP contribution is 2.29. The van der Waals surface area contributed by atoms with E-state index in [1.165, 1.54) is 22.6 Å². The zero-order valence-electron chi connectivity index (χ0n) is 7.49. The van der Waals surface area contributed by atoms with Crippen LogP contribution in [0, 0.1) is 14.9 Å². The molecule has 0 amide bonds. The first kappa shape index (κ1) is 13.2. The summed E-state index contributed by atoms with van der Waals surface area (Å²) in [6, 6.07) is 1.59. The Morgan fingerprint density at radius 1 is 1.56 bits per heavy atom. The quantitative estimate of drug-likeness (QED) is 0.801. The second-order valence-electron chi connectivity index (χ2n) is 2.66. The Kier molecular flexibility index (Phi) is 3.76. The van der Waals surface area contributed by atoms with Crippen molar-refractivity contribution in [1.82, 2.24) is 4.98 Å². The maximum atomic E-state index is 12.5. The Hall–Kier alpha value is -0.860. The number of pyridine rings is 1. The van der Waals surface area contributed by atoms with Crippen molar-refractivity contribution >= 4 is 32.6 Å². The van der Waals surface area contributed by atoms with Crippen molar-refractivity contribution < 1.29 is 17.2 Å². The van der Waals surface area contributed by atoms with Gasteiger partial charge in [0.25, 0.3) is 6.43 Å². The monoisotopic (exact) mass is 359 g/mol. The van der Waals surface area contributed by atoms with Gasteiger partial charge in [-0.3, -0.25) is 0 Å². The standard InChI is InChI=1S/C7H4F2IN3O2S/c8-7(9)3-2-13-4(1-11)5(10)6(3)16(12,14)15/h2,7H,(H2,12,14,15). The summed E-state index contributed by atoms with van der Waals surface area (Å²) in [5, 5.41) is 13.4. The summed E-state index contributed by atoms with van der Waals surface area (Å²) in [5.41, 5.74) is -1.06. The molecular weight excluding hydrogens is 355 g/mol. The summed E-state index contributed by atoms with van der Waals surface area (Å²) in [6.07, 6.45) is -2.38. The van der Waals surface area contributed by atoms with Crippen LogP contribution in [0.1, 0.15) is 17.7 Å². The summed E-state index contributed by atoms with van der Waals surface area (Å²) in [7, 11) is -4.32. The Labute approximate surface area is 103 Å². The summed E-state index contributed by atoms with van der Waals surface area (Å²) in [5.74, 6) is 0. The van der Waals surface area contributed by atoms with Gasteiger partial charge in [0.05, 0.1) is 9.13 Å². The molecule has 0 aromatic carbocycles. The van der Waals surface area contributed by atoms with Crippen LogP contribution < -0.4 is 5.14 Å². The Morgan fingerprint density at radius 2 is 2.12 bits per heavy atom. The summed E-state index contributed by atoms with van der Waals surface area (Å²) >= 11 is 1.45. The van der Waals surface area contributed by atoms with Crippen molar-refractivity contribution in [3.05, 3.63) is 21.0 Å². The third-order valence-corrected chi connectivity index (χ3v) is 4.05. The van der Waals surface area contributed by atoms with E-state index in [0.717, 1.165) is 0 Å². The second kappa shape index (κ2) is 4.56. The van der Waals surface area contributed by atoms with Crippen LogP contribution in [0.25, 0.3) is 0 Å². The van der Waals surface area contributed by atoms with Gasteiger partial charge in [0.1, 0.15) is 11.0 Å². The van der Waals surface area contributed by atoms with Crippen LogP contribution in [0.3, 0.4) is 0 Å². The van der Waals surface area contributed by atoms with Gasteiger partial charge in [-0.25, -0.2) is 27.3 Å². The van der Waals surface area contributed by atoms with E-state index in [0.29, 0.717) is 6.20 Å². The van der Waals surface area contributed by atoms with E-state index >= 15 is 0 Å². The van der Waals surface area contributed by atoms with Gasteiger partial charge in [-0.05, 0) is 22.6 Å². The molecule has 0 aliphatic rings. The molecule has 1 aromatic heterocycles. The summed E-state index contributed by atoms with van der Waals surface area (Å²) in [4.78, 5) is 2.68. The lowest BCUT2D eigenvalue weighted by atomic mass is 10.2. The minimum atomic E-state index is -4.32. The third kappa shape index (κ3) is 2.45. The Balaban J connectivity index is 3.72. The number of halogens is 3. The van der Waals surface area contributed by atoms with E-state index in [1.807, 2.05) is 0 Å². The SMILES string of the molecule is N#Cc1ncc(C(F)F)c(S(N)(=O)=O)c1I. The van der Waals surface area contributed by atoms with E-state index in [9.17, 15) is 17.2 Å². The lowest BCUT2D eigenvalue weighted by molar-refractivity contribution is 0.147. The fourth-order valence-electron chi connectivity index (χ4n) is 1.01. The first-order valence-electron chi connectivity index (χ1n) is 3.68. The molecular formula is C7H4F2IN3O2S. The molecule has 0 bridgehead atoms. The van der Waals surface area contributed by atoms with Crippen LogP contribution in [-0.2, 0) is 10.0 Å². The number of alkyl halides is 2. The van der Waals surface area contributed by atoms with Crippen molar-refractivity contribution in [2.75, 3.05) is 0 Å². The smallest absolute Gasteiger partial charge is 0.244 e. The topological polar surface area (TPSA) is 96.8 Å². The molecule has 0 fully saturated rings. The molecule has 0 atom stereocenters. The number of aromatic nitrogens is 1. The molecule has 16 heavy (non-hydrogen) atoms. The van der Waals surface area contributed by atoms with Gasteiger partial charge in [0.2, 0.25) is 10.0 Å². The molecule has 2 N–H and O–H groups in total. The maximum absolute atomic E-state index is 12.5. The molecule has 9 heteroatoms. The molecule has 5 nitrogen and oxygen atoms in total. The molecule has 1 aromatic rings. The number of hydrogen-bond acceptors (Lipinski definition) is 4. The van der Waals surface area contributed by atoms with Gasteiger partial charge in [-0.2, -0.15) is 5.26 Å². The van der Waals surface area contributed by atoms with Crippen molar-refractivity contribution in [2.45, 2.75) is 11.3 Å². The first-order valence-corrected chi connectivity index (χ1v) is 6.31. The van der Waals surface area contributed by atoms with Crippen molar-refractivity contribution in [2.24, 2.45) is 5.14 Å². The van der Waals surface area contributed by atoms with Crippen LogP contribution in [0.5, 0.6) is 0 Å². The van der Waals surface area contributed by atoms with Crippen LogP contribution >= 0.6 is 22.6 Å². The molecule has 0 saturated heterocycles. The average Bonchev–Trinajstić information content (AvgIpc) is 2.14. The van der Waals surface area contributed by atoms with E-state index in [4.69, 9.17) is 10.4 Å². The number of nitrogens with two attached hydrogens (primary N) is 1. The number of nitriles is 1. The molecule has 86 valence electrons. The van der Waals surface area contributed by atoms with Crippen LogP contribution in [-0.4, -0.2) is 13.4 Å². The highest BCUT2D eigenvalue weighted by atomic mass is 127. The van der Waals surface area contributed by atoms with E-state index in [-0.39, 0.29) is 9.26 Å². The molecule has 0 spiro atoms. The predicted molar refractivity (Wildman–Crippen MR) is 58.0 cm³/mol. The van der Waals surface area contributed by atoms with Crippen molar-refractivity contribution in [3.63, 3.8) is 0 Å². The van der Waals surface area contributed by atoms with E-state index in [2.05, 4.69) is 4.98 Å². The maximum Gasteiger partial charge on any atom is 0.266 e. The molecule has 0 saturated carbocycles.